The van der Waals surface area contributed by atoms with Crippen LogP contribution < -0.4 is 25.7 Å². The maximum absolute atomic E-state index is 11.7. The van der Waals surface area contributed by atoms with Gasteiger partial charge >= 0.3 is 6.03 Å². The number of hydrogen-bond donors (Lipinski definition) is 3. The summed E-state index contributed by atoms with van der Waals surface area (Å²) in [6.07, 6.45) is 1.76. The summed E-state index contributed by atoms with van der Waals surface area (Å²) in [6.45, 7) is 9.50. The van der Waals surface area contributed by atoms with Gasteiger partial charge < -0.3 is 25.0 Å². The number of rotatable bonds is 9. The fourth-order valence-corrected chi connectivity index (χ4v) is 3.18. The van der Waals surface area contributed by atoms with Crippen molar-refractivity contribution in [3.8, 4) is 5.88 Å². The highest BCUT2D eigenvalue weighted by atomic mass is 16.5. The summed E-state index contributed by atoms with van der Waals surface area (Å²) in [5, 5.41) is 9.87. The van der Waals surface area contributed by atoms with Gasteiger partial charge in [0.05, 0.1) is 26.0 Å². The topological polar surface area (TPSA) is 100 Å². The van der Waals surface area contributed by atoms with Gasteiger partial charge in [0, 0.05) is 37.0 Å². The number of benzene rings is 1. The minimum Gasteiger partial charge on any atom is -0.476 e. The van der Waals surface area contributed by atoms with E-state index in [4.69, 9.17) is 9.47 Å². The Morgan fingerprint density at radius 2 is 2.09 bits per heavy atom. The molecule has 0 aliphatic carbocycles. The van der Waals surface area contributed by atoms with Gasteiger partial charge in [0.1, 0.15) is 6.61 Å². The fraction of sp³-hybridized carbons (Fsp3) is 0.435. The molecule has 1 aliphatic rings. The van der Waals surface area contributed by atoms with E-state index in [2.05, 4.69) is 37.1 Å². The first-order chi connectivity index (χ1) is 15.5. The summed E-state index contributed by atoms with van der Waals surface area (Å²) >= 11 is 0. The Morgan fingerprint density at radius 3 is 2.84 bits per heavy atom. The molecule has 1 saturated heterocycles. The average molecular weight is 441 g/mol. The maximum atomic E-state index is 11.7. The summed E-state index contributed by atoms with van der Waals surface area (Å²) < 4.78 is 11.3. The maximum Gasteiger partial charge on any atom is 0.315 e. The molecule has 3 N–H and O–H groups in total. The molecule has 1 aliphatic heterocycles. The van der Waals surface area contributed by atoms with Crippen LogP contribution in [-0.2, 0) is 4.74 Å². The van der Waals surface area contributed by atoms with Gasteiger partial charge in [0.15, 0.2) is 5.82 Å². The second kappa shape index (κ2) is 11.9. The first-order valence-electron chi connectivity index (χ1n) is 10.9. The highest BCUT2D eigenvalue weighted by Crippen LogP contribution is 2.24. The predicted octanol–water partition coefficient (Wildman–Crippen LogP) is 2.76. The number of amides is 2. The van der Waals surface area contributed by atoms with Crippen molar-refractivity contribution in [1.29, 1.82) is 0 Å². The third-order valence-corrected chi connectivity index (χ3v) is 4.66. The molecule has 0 spiro atoms. The molecule has 0 atom stereocenters. The summed E-state index contributed by atoms with van der Waals surface area (Å²) in [4.78, 5) is 18.4. The number of hydrazone groups is 1. The number of carbonyl (C=O) groups is 1. The number of hydrogen-bond acceptors (Lipinski definition) is 7. The number of nitrogens with one attached hydrogen (secondary N) is 3. The molecule has 0 unspecified atom stereocenters. The predicted molar refractivity (Wildman–Crippen MR) is 127 cm³/mol. The highest BCUT2D eigenvalue weighted by molar-refractivity contribution is 5.80. The zero-order valence-electron chi connectivity index (χ0n) is 18.9. The van der Waals surface area contributed by atoms with Crippen molar-refractivity contribution in [3.63, 3.8) is 0 Å². The van der Waals surface area contributed by atoms with Crippen LogP contribution in [0.15, 0.2) is 41.5 Å². The number of carbonyl (C=O) groups excluding carboxylic acids is 1. The molecule has 9 heteroatoms. The zero-order valence-corrected chi connectivity index (χ0v) is 18.9. The van der Waals surface area contributed by atoms with Gasteiger partial charge in [-0.2, -0.15) is 10.1 Å². The Kier molecular flexibility index (Phi) is 8.68. The van der Waals surface area contributed by atoms with E-state index in [0.29, 0.717) is 38.1 Å². The van der Waals surface area contributed by atoms with E-state index in [9.17, 15) is 4.79 Å². The van der Waals surface area contributed by atoms with Crippen LogP contribution in [0.5, 0.6) is 5.88 Å². The Balaban J connectivity index is 1.64. The lowest BCUT2D eigenvalue weighted by molar-refractivity contribution is 0.122. The van der Waals surface area contributed by atoms with Crippen molar-refractivity contribution >= 4 is 23.8 Å². The van der Waals surface area contributed by atoms with Gasteiger partial charge in [0.25, 0.3) is 0 Å². The number of anilines is 2. The van der Waals surface area contributed by atoms with E-state index in [1.807, 2.05) is 51.1 Å². The van der Waals surface area contributed by atoms with Crippen LogP contribution >= 0.6 is 0 Å². The second-order valence-corrected chi connectivity index (χ2v) is 7.84. The van der Waals surface area contributed by atoms with Crippen LogP contribution in [-0.4, -0.2) is 62.7 Å². The van der Waals surface area contributed by atoms with Crippen LogP contribution in [0.2, 0.25) is 0 Å². The van der Waals surface area contributed by atoms with Crippen molar-refractivity contribution in [2.45, 2.75) is 26.8 Å². The number of aromatic nitrogens is 1. The lowest BCUT2D eigenvalue weighted by Gasteiger charge is -2.29. The molecular formula is C23H32N6O3. The first-order valence-corrected chi connectivity index (χ1v) is 10.9. The number of aryl methyl sites for hydroxylation is 1. The molecule has 0 saturated carbocycles. The van der Waals surface area contributed by atoms with E-state index in [1.54, 1.807) is 6.21 Å². The van der Waals surface area contributed by atoms with Gasteiger partial charge in [-0.1, -0.05) is 29.8 Å². The number of nitrogens with zero attached hydrogens (tertiary/aromatic N) is 3. The molecular weight excluding hydrogens is 408 g/mol. The number of morpholine rings is 1. The van der Waals surface area contributed by atoms with Crippen LogP contribution in [0.4, 0.5) is 16.3 Å². The monoisotopic (exact) mass is 440 g/mol. The van der Waals surface area contributed by atoms with Crippen LogP contribution in [0.1, 0.15) is 25.0 Å². The van der Waals surface area contributed by atoms with Gasteiger partial charge in [-0.15, -0.1) is 0 Å². The van der Waals surface area contributed by atoms with Crippen LogP contribution in [0, 0.1) is 6.92 Å². The van der Waals surface area contributed by atoms with Crippen molar-refractivity contribution in [2.75, 3.05) is 49.8 Å². The van der Waals surface area contributed by atoms with Gasteiger partial charge in [-0.3, -0.25) is 5.43 Å². The SMILES string of the molecule is Cc1cccc(C=NNc2cc(N3CCOCC3)cc(OCCNC(=O)NC(C)C)n2)c1. The first kappa shape index (κ1) is 23.3. The smallest absolute Gasteiger partial charge is 0.315 e. The lowest BCUT2D eigenvalue weighted by atomic mass is 10.2. The number of urea groups is 1. The van der Waals surface area contributed by atoms with E-state index < -0.39 is 0 Å². The standard InChI is InChI=1S/C23H32N6O3/c1-17(2)26-23(30)24-7-10-32-22-15-20(29-8-11-31-12-9-29)14-21(27-22)28-25-16-19-6-4-5-18(3)13-19/h4-6,13-17H,7-12H2,1-3H3,(H,27,28)(H2,24,26,30). The molecule has 1 aromatic carbocycles. The summed E-state index contributed by atoms with van der Waals surface area (Å²) in [5.74, 6) is 1.05. The number of pyridine rings is 1. The average Bonchev–Trinajstić information content (AvgIpc) is 2.77. The third kappa shape index (κ3) is 7.73. The van der Waals surface area contributed by atoms with E-state index in [-0.39, 0.29) is 12.1 Å². The minimum absolute atomic E-state index is 0.0803. The van der Waals surface area contributed by atoms with E-state index in [1.165, 1.54) is 5.56 Å². The summed E-state index contributed by atoms with van der Waals surface area (Å²) in [6, 6.07) is 11.8. The summed E-state index contributed by atoms with van der Waals surface area (Å²) in [5.41, 5.74) is 6.16. The Hall–Kier alpha value is -3.33. The van der Waals surface area contributed by atoms with Gasteiger partial charge in [0.2, 0.25) is 5.88 Å². The number of ether oxygens (including phenoxy) is 2. The molecule has 172 valence electrons. The van der Waals surface area contributed by atoms with Gasteiger partial charge in [-0.25, -0.2) is 4.79 Å². The minimum atomic E-state index is -0.216. The summed E-state index contributed by atoms with van der Waals surface area (Å²) in [7, 11) is 0. The van der Waals surface area contributed by atoms with Crippen LogP contribution in [0.3, 0.4) is 0 Å². The highest BCUT2D eigenvalue weighted by Gasteiger charge is 2.14. The Bertz CT molecular complexity index is 912. The van der Waals surface area contributed by atoms with Crippen LogP contribution in [0.25, 0.3) is 0 Å². The Morgan fingerprint density at radius 1 is 1.28 bits per heavy atom. The fourth-order valence-electron chi connectivity index (χ4n) is 3.18. The molecule has 3 rings (SSSR count). The molecule has 32 heavy (non-hydrogen) atoms. The molecule has 0 bridgehead atoms. The molecule has 1 fully saturated rings. The van der Waals surface area contributed by atoms with Crippen molar-refractivity contribution < 1.29 is 14.3 Å². The molecule has 9 nitrogen and oxygen atoms in total. The van der Waals surface area contributed by atoms with Gasteiger partial charge in [-0.05, 0) is 26.3 Å². The van der Waals surface area contributed by atoms with E-state index in [0.717, 1.165) is 24.3 Å². The lowest BCUT2D eigenvalue weighted by Crippen LogP contribution is -2.41. The molecule has 1 aromatic heterocycles. The van der Waals surface area contributed by atoms with Crippen molar-refractivity contribution in [1.82, 2.24) is 15.6 Å². The zero-order chi connectivity index (χ0) is 22.8. The van der Waals surface area contributed by atoms with Crippen molar-refractivity contribution in [2.24, 2.45) is 5.10 Å². The van der Waals surface area contributed by atoms with E-state index >= 15 is 0 Å². The quantitative estimate of drug-likeness (QED) is 0.315. The second-order valence-electron chi connectivity index (χ2n) is 7.84. The molecule has 0 radical (unpaired) electrons. The third-order valence-electron chi connectivity index (χ3n) is 4.66. The molecule has 2 heterocycles. The van der Waals surface area contributed by atoms with Crippen molar-refractivity contribution in [3.05, 3.63) is 47.5 Å². The largest absolute Gasteiger partial charge is 0.476 e. The Labute approximate surface area is 189 Å². The normalized spacial score (nSPS) is 13.9. The molecule has 2 aromatic rings. The molecule has 2 amide bonds.